The first kappa shape index (κ1) is 19.1. The molecule has 0 fully saturated rings. The summed E-state index contributed by atoms with van der Waals surface area (Å²) in [6.07, 6.45) is 0. The van der Waals surface area contributed by atoms with Crippen LogP contribution in [-0.2, 0) is 13.6 Å². The molecule has 0 spiro atoms. The van der Waals surface area contributed by atoms with Crippen LogP contribution < -0.4 is 0 Å². The molecule has 0 bridgehead atoms. The zero-order valence-electron chi connectivity index (χ0n) is 13.9. The van der Waals surface area contributed by atoms with Crippen LogP contribution in [0, 0.1) is 0 Å². The number of amides is 1. The van der Waals surface area contributed by atoms with Crippen LogP contribution in [0.15, 0.2) is 30.3 Å². The molecule has 2 aromatic rings. The second-order valence-corrected chi connectivity index (χ2v) is 7.09. The largest absolute Gasteiger partial charge is 0.332 e. The minimum atomic E-state index is -0.108. The Morgan fingerprint density at radius 3 is 2.21 bits per heavy atom. The minimum absolute atomic E-state index is 0.108. The van der Waals surface area contributed by atoms with Crippen molar-refractivity contribution in [3.05, 3.63) is 56.8 Å². The lowest BCUT2D eigenvalue weighted by molar-refractivity contribution is 0.0722. The summed E-state index contributed by atoms with van der Waals surface area (Å²) < 4.78 is 1.61. The van der Waals surface area contributed by atoms with Crippen LogP contribution in [0.4, 0.5) is 0 Å². The van der Waals surface area contributed by atoms with Gasteiger partial charge in [-0.2, -0.15) is 0 Å². The third-order valence-electron chi connectivity index (χ3n) is 3.73. The maximum Gasteiger partial charge on any atom is 0.270 e. The molecular weight excluding hydrogens is 369 g/mol. The number of aromatic nitrogens is 1. The number of halogens is 3. The summed E-state index contributed by atoms with van der Waals surface area (Å²) in [5, 5.41) is 1.41. The number of carbonyl (C=O) groups excluding carboxylic acids is 1. The summed E-state index contributed by atoms with van der Waals surface area (Å²) in [5.41, 5.74) is 1.48. The van der Waals surface area contributed by atoms with E-state index in [0.29, 0.717) is 34.0 Å². The zero-order chi connectivity index (χ0) is 17.9. The fraction of sp³-hybridized carbons (Fsp3) is 0.353. The van der Waals surface area contributed by atoms with Gasteiger partial charge in [0.2, 0.25) is 0 Å². The molecule has 0 N–H and O–H groups in total. The van der Waals surface area contributed by atoms with E-state index < -0.39 is 0 Å². The molecule has 1 aromatic heterocycles. The average molecular weight is 389 g/mol. The Morgan fingerprint density at radius 2 is 1.71 bits per heavy atom. The molecule has 0 aliphatic heterocycles. The molecule has 0 unspecified atom stereocenters. The van der Waals surface area contributed by atoms with E-state index in [1.807, 2.05) is 43.3 Å². The van der Waals surface area contributed by atoms with Crippen LogP contribution in [0.1, 0.15) is 16.1 Å². The Balaban J connectivity index is 2.25. The van der Waals surface area contributed by atoms with Gasteiger partial charge in [-0.25, -0.2) is 0 Å². The number of hydrogen-bond donors (Lipinski definition) is 0. The van der Waals surface area contributed by atoms with Crippen molar-refractivity contribution in [2.75, 3.05) is 27.2 Å². The summed E-state index contributed by atoms with van der Waals surface area (Å²) >= 11 is 18.1. The first-order valence-electron chi connectivity index (χ1n) is 7.48. The summed E-state index contributed by atoms with van der Waals surface area (Å²) in [4.78, 5) is 16.8. The van der Waals surface area contributed by atoms with Gasteiger partial charge in [-0.05, 0) is 37.9 Å². The van der Waals surface area contributed by atoms with E-state index in [9.17, 15) is 4.79 Å². The minimum Gasteiger partial charge on any atom is -0.332 e. The number of rotatable bonds is 6. The zero-order valence-corrected chi connectivity index (χ0v) is 16.2. The fourth-order valence-corrected chi connectivity index (χ4v) is 2.79. The second-order valence-electron chi connectivity index (χ2n) is 5.88. The molecule has 0 saturated carbocycles. The topological polar surface area (TPSA) is 28.5 Å². The molecule has 1 aromatic carbocycles. The van der Waals surface area contributed by atoms with Gasteiger partial charge in [-0.15, -0.1) is 0 Å². The number of likely N-dealkylation sites (N-methyl/N-ethyl adjacent to an activating group) is 1. The molecule has 1 heterocycles. The molecule has 0 aliphatic carbocycles. The van der Waals surface area contributed by atoms with Crippen LogP contribution in [0.25, 0.3) is 0 Å². The number of nitrogens with zero attached hydrogens (tertiary/aromatic N) is 3. The van der Waals surface area contributed by atoms with E-state index in [-0.39, 0.29) is 5.91 Å². The summed E-state index contributed by atoms with van der Waals surface area (Å²) in [5.74, 6) is -0.108. The van der Waals surface area contributed by atoms with Gasteiger partial charge in [-0.1, -0.05) is 46.9 Å². The smallest absolute Gasteiger partial charge is 0.270 e. The average Bonchev–Trinajstić information content (AvgIpc) is 2.80. The molecule has 0 saturated heterocycles. The molecule has 7 heteroatoms. The van der Waals surface area contributed by atoms with Crippen molar-refractivity contribution < 1.29 is 4.79 Å². The third kappa shape index (κ3) is 4.67. The van der Waals surface area contributed by atoms with Crippen molar-refractivity contribution in [3.8, 4) is 0 Å². The second kappa shape index (κ2) is 8.26. The maximum atomic E-state index is 13.0. The van der Waals surface area contributed by atoms with E-state index in [1.54, 1.807) is 22.6 Å². The molecule has 24 heavy (non-hydrogen) atoms. The monoisotopic (exact) mass is 387 g/mol. The van der Waals surface area contributed by atoms with Gasteiger partial charge in [0.1, 0.15) is 10.8 Å². The molecule has 0 radical (unpaired) electrons. The van der Waals surface area contributed by atoms with Crippen LogP contribution in [0.2, 0.25) is 15.2 Å². The lowest BCUT2D eigenvalue weighted by atomic mass is 10.2. The fourth-order valence-electron chi connectivity index (χ4n) is 2.29. The maximum absolute atomic E-state index is 13.0. The highest BCUT2D eigenvalue weighted by molar-refractivity contribution is 6.41. The van der Waals surface area contributed by atoms with E-state index in [1.165, 1.54) is 0 Å². The third-order valence-corrected chi connectivity index (χ3v) is 4.82. The van der Waals surface area contributed by atoms with Gasteiger partial charge in [0.15, 0.2) is 0 Å². The van der Waals surface area contributed by atoms with Crippen LogP contribution in [-0.4, -0.2) is 47.5 Å². The van der Waals surface area contributed by atoms with Gasteiger partial charge in [0, 0.05) is 31.7 Å². The van der Waals surface area contributed by atoms with Crippen LogP contribution in [0.5, 0.6) is 0 Å². The van der Waals surface area contributed by atoms with Crippen LogP contribution in [0.3, 0.4) is 0 Å². The number of hydrogen-bond acceptors (Lipinski definition) is 2. The highest BCUT2D eigenvalue weighted by atomic mass is 35.5. The molecule has 1 amide bonds. The highest BCUT2D eigenvalue weighted by Crippen LogP contribution is 2.26. The normalized spacial score (nSPS) is 11.1. The Labute approximate surface area is 157 Å². The number of carbonyl (C=O) groups is 1. The van der Waals surface area contributed by atoms with Gasteiger partial charge in [0.05, 0.1) is 5.02 Å². The van der Waals surface area contributed by atoms with Crippen molar-refractivity contribution in [3.63, 3.8) is 0 Å². The van der Waals surface area contributed by atoms with Crippen molar-refractivity contribution in [2.45, 2.75) is 6.54 Å². The Bertz CT molecular complexity index is 711. The molecule has 0 atom stereocenters. The Morgan fingerprint density at radius 1 is 1.08 bits per heavy atom. The Kier molecular flexibility index (Phi) is 6.58. The molecular formula is C17H20Cl3N3O. The first-order chi connectivity index (χ1) is 11.3. The quantitative estimate of drug-likeness (QED) is 0.742. The Hall–Kier alpha value is -1.20. The van der Waals surface area contributed by atoms with Crippen molar-refractivity contribution in [1.82, 2.24) is 14.4 Å². The van der Waals surface area contributed by atoms with Gasteiger partial charge >= 0.3 is 0 Å². The van der Waals surface area contributed by atoms with Gasteiger partial charge < -0.3 is 14.4 Å². The first-order valence-corrected chi connectivity index (χ1v) is 8.62. The van der Waals surface area contributed by atoms with E-state index in [2.05, 4.69) is 0 Å². The molecule has 2 rings (SSSR count). The SMILES string of the molecule is CN(C)CCN(Cc1ccc(Cl)cc1)C(=O)c1cc(Cl)c(Cl)n1C. The summed E-state index contributed by atoms with van der Waals surface area (Å²) in [7, 11) is 5.68. The number of benzene rings is 1. The molecule has 4 nitrogen and oxygen atoms in total. The van der Waals surface area contributed by atoms with E-state index >= 15 is 0 Å². The van der Waals surface area contributed by atoms with E-state index in [0.717, 1.165) is 12.1 Å². The van der Waals surface area contributed by atoms with Gasteiger partial charge in [-0.3, -0.25) is 4.79 Å². The van der Waals surface area contributed by atoms with E-state index in [4.69, 9.17) is 34.8 Å². The summed E-state index contributed by atoms with van der Waals surface area (Å²) in [6.45, 7) is 1.84. The predicted octanol–water partition coefficient (Wildman–Crippen LogP) is 4.19. The lowest BCUT2D eigenvalue weighted by Gasteiger charge is -2.25. The highest BCUT2D eigenvalue weighted by Gasteiger charge is 2.22. The van der Waals surface area contributed by atoms with Crippen LogP contribution >= 0.6 is 34.8 Å². The molecule has 130 valence electrons. The summed E-state index contributed by atoms with van der Waals surface area (Å²) in [6, 6.07) is 9.09. The molecule has 0 aliphatic rings. The van der Waals surface area contributed by atoms with Gasteiger partial charge in [0.25, 0.3) is 5.91 Å². The van der Waals surface area contributed by atoms with Crippen molar-refractivity contribution in [2.24, 2.45) is 7.05 Å². The lowest BCUT2D eigenvalue weighted by Crippen LogP contribution is -2.37. The predicted molar refractivity (Wildman–Crippen MR) is 100 cm³/mol. The van der Waals surface area contributed by atoms with Crippen molar-refractivity contribution >= 4 is 40.7 Å². The standard InChI is InChI=1S/C17H20Cl3N3O/c1-21(2)8-9-23(11-12-4-6-13(18)7-5-12)17(24)15-10-14(19)16(20)22(15)3/h4-7,10H,8-9,11H2,1-3H3. The van der Waals surface area contributed by atoms with Crippen molar-refractivity contribution in [1.29, 1.82) is 0 Å².